The quantitative estimate of drug-likeness (QED) is 0.743. The molecular formula is C17H22N2O4. The minimum Gasteiger partial charge on any atom is -0.481 e. The summed E-state index contributed by atoms with van der Waals surface area (Å²) in [7, 11) is 0. The van der Waals surface area contributed by atoms with E-state index in [0.717, 1.165) is 5.56 Å². The Labute approximate surface area is 135 Å². The molecule has 124 valence electrons. The maximum absolute atomic E-state index is 12.2. The lowest BCUT2D eigenvalue weighted by Gasteiger charge is -2.20. The van der Waals surface area contributed by atoms with E-state index in [9.17, 15) is 14.4 Å². The van der Waals surface area contributed by atoms with E-state index in [-0.39, 0.29) is 36.2 Å². The molecule has 6 heteroatoms. The van der Waals surface area contributed by atoms with Crippen molar-refractivity contribution in [2.75, 3.05) is 0 Å². The number of carbonyl (C=O) groups excluding carboxylic acids is 2. The summed E-state index contributed by atoms with van der Waals surface area (Å²) in [5.74, 6) is -1.55. The van der Waals surface area contributed by atoms with Gasteiger partial charge in [-0.15, -0.1) is 0 Å². The van der Waals surface area contributed by atoms with E-state index >= 15 is 0 Å². The first kappa shape index (κ1) is 17.0. The zero-order valence-corrected chi connectivity index (χ0v) is 13.1. The first-order valence-electron chi connectivity index (χ1n) is 7.80. The third kappa shape index (κ3) is 5.09. The minimum absolute atomic E-state index is 0.0997. The highest BCUT2D eigenvalue weighted by atomic mass is 16.4. The van der Waals surface area contributed by atoms with Gasteiger partial charge in [0.05, 0.1) is 18.4 Å². The van der Waals surface area contributed by atoms with Crippen molar-refractivity contribution in [2.24, 2.45) is 5.92 Å². The van der Waals surface area contributed by atoms with Crippen LogP contribution in [0.3, 0.4) is 0 Å². The molecule has 6 nitrogen and oxygen atoms in total. The summed E-state index contributed by atoms with van der Waals surface area (Å²) in [6.45, 7) is 1.42. The van der Waals surface area contributed by atoms with Gasteiger partial charge in [0, 0.05) is 13.0 Å². The zero-order chi connectivity index (χ0) is 16.8. The molecule has 23 heavy (non-hydrogen) atoms. The molecule has 0 bridgehead atoms. The molecule has 1 aliphatic carbocycles. The van der Waals surface area contributed by atoms with Crippen LogP contribution in [0.2, 0.25) is 0 Å². The standard InChI is InChI=1S/C17H22N2O4/c1-11(20)18-15(12-5-3-2-4-6-12)10-16(21)19-14-8-7-13(9-14)17(22)23/h2-6,13-15H,7-10H2,1H3,(H,18,20)(H,19,21)(H,22,23)/t13-,14+,15?/m1/s1. The van der Waals surface area contributed by atoms with Gasteiger partial charge in [-0.25, -0.2) is 0 Å². The highest BCUT2D eigenvalue weighted by Crippen LogP contribution is 2.26. The van der Waals surface area contributed by atoms with Crippen LogP contribution in [0.1, 0.15) is 44.2 Å². The number of benzene rings is 1. The number of carbonyl (C=O) groups is 3. The summed E-state index contributed by atoms with van der Waals surface area (Å²) in [5, 5.41) is 14.7. The Morgan fingerprint density at radius 1 is 1.22 bits per heavy atom. The van der Waals surface area contributed by atoms with Gasteiger partial charge in [-0.3, -0.25) is 14.4 Å². The number of rotatable bonds is 6. The van der Waals surface area contributed by atoms with Crippen molar-refractivity contribution in [2.45, 2.75) is 44.7 Å². The second-order valence-corrected chi connectivity index (χ2v) is 5.98. The second kappa shape index (κ2) is 7.76. The summed E-state index contributed by atoms with van der Waals surface area (Å²) >= 11 is 0. The van der Waals surface area contributed by atoms with Gasteiger partial charge in [0.1, 0.15) is 0 Å². The molecule has 3 N–H and O–H groups in total. The molecule has 0 aromatic heterocycles. The van der Waals surface area contributed by atoms with Gasteiger partial charge in [0.2, 0.25) is 11.8 Å². The fourth-order valence-corrected chi connectivity index (χ4v) is 2.99. The predicted molar refractivity (Wildman–Crippen MR) is 84.5 cm³/mol. The molecule has 1 unspecified atom stereocenters. The monoisotopic (exact) mass is 318 g/mol. The van der Waals surface area contributed by atoms with E-state index in [1.54, 1.807) is 0 Å². The Morgan fingerprint density at radius 3 is 2.48 bits per heavy atom. The van der Waals surface area contributed by atoms with Crippen molar-refractivity contribution in [3.8, 4) is 0 Å². The Kier molecular flexibility index (Phi) is 5.73. The number of carboxylic acid groups (broad SMARTS) is 1. The summed E-state index contributed by atoms with van der Waals surface area (Å²) in [6.07, 6.45) is 1.88. The van der Waals surface area contributed by atoms with E-state index in [4.69, 9.17) is 5.11 Å². The number of amides is 2. The number of hydrogen-bond acceptors (Lipinski definition) is 3. The van der Waals surface area contributed by atoms with Crippen molar-refractivity contribution in [1.29, 1.82) is 0 Å². The van der Waals surface area contributed by atoms with Crippen LogP contribution >= 0.6 is 0 Å². The molecule has 1 aromatic carbocycles. The molecule has 3 atom stereocenters. The maximum atomic E-state index is 12.2. The van der Waals surface area contributed by atoms with Gasteiger partial charge < -0.3 is 15.7 Å². The first-order chi connectivity index (χ1) is 11.0. The summed E-state index contributed by atoms with van der Waals surface area (Å²) in [5.41, 5.74) is 0.868. The topological polar surface area (TPSA) is 95.5 Å². The van der Waals surface area contributed by atoms with Gasteiger partial charge in [-0.05, 0) is 24.8 Å². The lowest BCUT2D eigenvalue weighted by Crippen LogP contribution is -2.37. The number of nitrogens with one attached hydrogen (secondary N) is 2. The second-order valence-electron chi connectivity index (χ2n) is 5.98. The summed E-state index contributed by atoms with van der Waals surface area (Å²) in [4.78, 5) is 34.6. The molecule has 0 spiro atoms. The van der Waals surface area contributed by atoms with Crippen LogP contribution < -0.4 is 10.6 Å². The van der Waals surface area contributed by atoms with Gasteiger partial charge in [-0.1, -0.05) is 30.3 Å². The van der Waals surface area contributed by atoms with Gasteiger partial charge >= 0.3 is 5.97 Å². The molecule has 2 amide bonds. The van der Waals surface area contributed by atoms with Crippen LogP contribution in [0, 0.1) is 5.92 Å². The molecule has 0 heterocycles. The molecule has 1 aromatic rings. The van der Waals surface area contributed by atoms with E-state index in [1.807, 2.05) is 30.3 Å². The van der Waals surface area contributed by atoms with Crippen molar-refractivity contribution >= 4 is 17.8 Å². The van der Waals surface area contributed by atoms with Crippen molar-refractivity contribution in [3.63, 3.8) is 0 Å². The number of aliphatic carboxylic acids is 1. The molecule has 0 aliphatic heterocycles. The Balaban J connectivity index is 1.93. The third-order valence-electron chi connectivity index (χ3n) is 4.12. The largest absolute Gasteiger partial charge is 0.481 e. The smallest absolute Gasteiger partial charge is 0.306 e. The minimum atomic E-state index is -0.804. The van der Waals surface area contributed by atoms with Crippen LogP contribution in [0.5, 0.6) is 0 Å². The van der Waals surface area contributed by atoms with Crippen molar-refractivity contribution in [3.05, 3.63) is 35.9 Å². The lowest BCUT2D eigenvalue weighted by molar-refractivity contribution is -0.141. The molecule has 1 fully saturated rings. The van der Waals surface area contributed by atoms with Crippen LogP contribution in [0.25, 0.3) is 0 Å². The average molecular weight is 318 g/mol. The lowest BCUT2D eigenvalue weighted by atomic mass is 10.0. The molecule has 0 radical (unpaired) electrons. The first-order valence-corrected chi connectivity index (χ1v) is 7.80. The van der Waals surface area contributed by atoms with Crippen molar-refractivity contribution in [1.82, 2.24) is 10.6 Å². The highest BCUT2D eigenvalue weighted by Gasteiger charge is 2.31. The fourth-order valence-electron chi connectivity index (χ4n) is 2.99. The van der Waals surface area contributed by atoms with Gasteiger partial charge in [0.25, 0.3) is 0 Å². The average Bonchev–Trinajstić information content (AvgIpc) is 2.95. The highest BCUT2D eigenvalue weighted by molar-refractivity contribution is 5.79. The molecule has 0 saturated heterocycles. The van der Waals surface area contributed by atoms with E-state index < -0.39 is 5.97 Å². The van der Waals surface area contributed by atoms with E-state index in [0.29, 0.717) is 19.3 Å². The Hall–Kier alpha value is -2.37. The van der Waals surface area contributed by atoms with Crippen LogP contribution in [-0.2, 0) is 14.4 Å². The Bertz CT molecular complexity index is 573. The third-order valence-corrected chi connectivity index (χ3v) is 4.12. The molecule has 1 saturated carbocycles. The van der Waals surface area contributed by atoms with E-state index in [1.165, 1.54) is 6.92 Å². The number of hydrogen-bond donors (Lipinski definition) is 3. The van der Waals surface area contributed by atoms with Gasteiger partial charge in [-0.2, -0.15) is 0 Å². The fraction of sp³-hybridized carbons (Fsp3) is 0.471. The zero-order valence-electron chi connectivity index (χ0n) is 13.1. The molecule has 1 aliphatic rings. The summed E-state index contributed by atoms with van der Waals surface area (Å²) in [6, 6.07) is 8.84. The number of carboxylic acids is 1. The van der Waals surface area contributed by atoms with E-state index in [2.05, 4.69) is 10.6 Å². The molecular weight excluding hydrogens is 296 g/mol. The van der Waals surface area contributed by atoms with Crippen LogP contribution in [0.4, 0.5) is 0 Å². The van der Waals surface area contributed by atoms with Crippen LogP contribution in [-0.4, -0.2) is 28.9 Å². The predicted octanol–water partition coefficient (Wildman–Crippen LogP) is 1.62. The molecule has 2 rings (SSSR count). The summed E-state index contributed by atoms with van der Waals surface area (Å²) < 4.78 is 0. The van der Waals surface area contributed by atoms with Crippen LogP contribution in [0.15, 0.2) is 30.3 Å². The normalized spacial score (nSPS) is 21.4. The SMILES string of the molecule is CC(=O)NC(CC(=O)N[C@H]1CC[C@@H](C(=O)O)C1)c1ccccc1. The van der Waals surface area contributed by atoms with Crippen molar-refractivity contribution < 1.29 is 19.5 Å². The van der Waals surface area contributed by atoms with Gasteiger partial charge in [0.15, 0.2) is 0 Å². The Morgan fingerprint density at radius 2 is 1.91 bits per heavy atom. The maximum Gasteiger partial charge on any atom is 0.306 e.